The predicted octanol–water partition coefficient (Wildman–Crippen LogP) is 5.25. The van der Waals surface area contributed by atoms with Crippen LogP contribution in [0.1, 0.15) is 33.3 Å². The molecule has 2 heterocycles. The maximum atomic E-state index is 12.8. The van der Waals surface area contributed by atoms with Gasteiger partial charge in [0, 0.05) is 34.7 Å². The van der Waals surface area contributed by atoms with Gasteiger partial charge in [0.25, 0.3) is 15.9 Å². The van der Waals surface area contributed by atoms with Crippen molar-refractivity contribution in [3.05, 3.63) is 132 Å². The van der Waals surface area contributed by atoms with E-state index in [1.165, 1.54) is 12.1 Å². The van der Waals surface area contributed by atoms with Gasteiger partial charge in [-0.05, 0) is 66.6 Å². The van der Waals surface area contributed by atoms with Crippen molar-refractivity contribution in [2.45, 2.75) is 24.0 Å². The molecule has 8 nitrogen and oxygen atoms in total. The number of sulfonamides is 1. The van der Waals surface area contributed by atoms with E-state index in [1.54, 1.807) is 36.4 Å². The third-order valence-electron chi connectivity index (χ3n) is 7.35. The average Bonchev–Trinajstić information content (AvgIpc) is 3.02. The summed E-state index contributed by atoms with van der Waals surface area (Å²) in [5.74, 6) is -0.263. The first kappa shape index (κ1) is 27.4. The molecule has 0 fully saturated rings. The van der Waals surface area contributed by atoms with Crippen molar-refractivity contribution in [2.24, 2.45) is 5.92 Å². The van der Waals surface area contributed by atoms with Crippen LogP contribution in [0.3, 0.4) is 0 Å². The maximum Gasteiger partial charge on any atom is 0.265 e. The lowest BCUT2D eigenvalue weighted by molar-refractivity contribution is 0.0981. The molecule has 3 N–H and O–H groups in total. The second-order valence-corrected chi connectivity index (χ2v) is 12.0. The van der Waals surface area contributed by atoms with E-state index < -0.39 is 22.0 Å². The van der Waals surface area contributed by atoms with Gasteiger partial charge in [0.2, 0.25) is 0 Å². The molecular formula is C33H29N3O5S. The summed E-state index contributed by atoms with van der Waals surface area (Å²) in [6.45, 7) is 0.833. The highest BCUT2D eigenvalue weighted by molar-refractivity contribution is 7.90. The Bertz CT molecular complexity index is 1860. The first-order valence-corrected chi connectivity index (χ1v) is 15.1. The molecule has 9 heteroatoms. The van der Waals surface area contributed by atoms with Crippen LogP contribution in [0.4, 0.5) is 5.69 Å². The quantitative estimate of drug-likeness (QED) is 0.230. The van der Waals surface area contributed by atoms with E-state index in [-0.39, 0.29) is 16.4 Å². The summed E-state index contributed by atoms with van der Waals surface area (Å²) in [7, 11) is -3.99. The zero-order valence-corrected chi connectivity index (χ0v) is 23.4. The summed E-state index contributed by atoms with van der Waals surface area (Å²) in [6.07, 6.45) is -0.286. The molecule has 1 aromatic heterocycles. The fourth-order valence-corrected chi connectivity index (χ4v) is 6.15. The van der Waals surface area contributed by atoms with Gasteiger partial charge in [0.05, 0.1) is 22.2 Å². The van der Waals surface area contributed by atoms with Crippen LogP contribution in [0.15, 0.2) is 114 Å². The minimum absolute atomic E-state index is 0.0152. The number of para-hydroxylation sites is 1. The van der Waals surface area contributed by atoms with Gasteiger partial charge in [-0.3, -0.25) is 4.79 Å². The van der Waals surface area contributed by atoms with Crippen LogP contribution < -0.4 is 14.8 Å². The number of ether oxygens (including phenoxy) is 1. The molecule has 212 valence electrons. The number of pyridine rings is 1. The highest BCUT2D eigenvalue weighted by Gasteiger charge is 2.29. The highest BCUT2D eigenvalue weighted by Crippen LogP contribution is 2.37. The van der Waals surface area contributed by atoms with Gasteiger partial charge >= 0.3 is 0 Å². The smallest absolute Gasteiger partial charge is 0.265 e. The van der Waals surface area contributed by atoms with Crippen molar-refractivity contribution < 1.29 is 23.1 Å². The van der Waals surface area contributed by atoms with Crippen molar-refractivity contribution in [3.63, 3.8) is 0 Å². The Kier molecular flexibility index (Phi) is 7.60. The van der Waals surface area contributed by atoms with Gasteiger partial charge in [0.1, 0.15) is 12.4 Å². The number of hydrogen-bond donors (Lipinski definition) is 3. The number of hydrogen-bond acceptors (Lipinski definition) is 7. The number of benzene rings is 4. The number of nitrogens with one attached hydrogen (secondary N) is 2. The van der Waals surface area contributed by atoms with Crippen LogP contribution in [0.2, 0.25) is 0 Å². The molecule has 2 atom stereocenters. The Morgan fingerprint density at radius 1 is 0.929 bits per heavy atom. The summed E-state index contributed by atoms with van der Waals surface area (Å²) in [5.41, 5.74) is 4.33. The second kappa shape index (κ2) is 11.6. The van der Waals surface area contributed by atoms with E-state index in [4.69, 9.17) is 4.74 Å². The van der Waals surface area contributed by atoms with Gasteiger partial charge in [-0.25, -0.2) is 18.1 Å². The van der Waals surface area contributed by atoms with Crippen molar-refractivity contribution in [1.29, 1.82) is 0 Å². The van der Waals surface area contributed by atoms with Crippen molar-refractivity contribution in [3.8, 4) is 5.75 Å². The van der Waals surface area contributed by atoms with Crippen LogP contribution in [0, 0.1) is 5.92 Å². The number of rotatable bonds is 8. The predicted molar refractivity (Wildman–Crippen MR) is 161 cm³/mol. The van der Waals surface area contributed by atoms with Crippen LogP contribution in [-0.4, -0.2) is 31.0 Å². The van der Waals surface area contributed by atoms with E-state index in [9.17, 15) is 18.3 Å². The molecule has 0 radical (unpaired) electrons. The summed E-state index contributed by atoms with van der Waals surface area (Å²) in [4.78, 5) is 17.5. The molecule has 4 aromatic carbocycles. The zero-order chi connectivity index (χ0) is 29.1. The number of aliphatic hydroxyl groups is 1. The second-order valence-electron chi connectivity index (χ2n) is 10.3. The normalized spacial score (nSPS) is 16.3. The fraction of sp³-hybridized carbons (Fsp3) is 0.152. The van der Waals surface area contributed by atoms with E-state index in [0.29, 0.717) is 25.3 Å². The molecular weight excluding hydrogens is 550 g/mol. The van der Waals surface area contributed by atoms with Gasteiger partial charge in [-0.1, -0.05) is 54.6 Å². The molecule has 0 saturated carbocycles. The maximum absolute atomic E-state index is 12.8. The number of carbonyl (C=O) groups excluding carboxylic acids is 1. The van der Waals surface area contributed by atoms with E-state index in [0.717, 1.165) is 33.4 Å². The number of carbonyl (C=O) groups is 1. The highest BCUT2D eigenvalue weighted by atomic mass is 32.2. The molecule has 0 aliphatic carbocycles. The van der Waals surface area contributed by atoms with E-state index >= 15 is 0 Å². The molecule has 0 saturated heterocycles. The summed E-state index contributed by atoms with van der Waals surface area (Å²) < 4.78 is 33.4. The van der Waals surface area contributed by atoms with E-state index in [2.05, 4.69) is 15.0 Å². The number of amides is 1. The molecule has 1 amide bonds. The topological polar surface area (TPSA) is 118 Å². The lowest BCUT2D eigenvalue weighted by atomic mass is 9.86. The fourth-order valence-electron chi connectivity index (χ4n) is 5.15. The molecule has 0 bridgehead atoms. The standard InChI is InChI=1S/C33H29N3O5S/c37-32-25(18-22-7-6-9-24(17-22)33(38)36-42(39,40)28-10-2-1-3-11-28)20-34-31-16-15-27(19-29(31)32)41-21-26-14-13-23-8-4-5-12-30(23)35-26/h1-17,19,25,32,34,37H,18,20-21H2,(H,36,38)/t25-,32-/m0/s1. The number of nitrogens with zero attached hydrogens (tertiary/aromatic N) is 1. The minimum atomic E-state index is -3.99. The summed E-state index contributed by atoms with van der Waals surface area (Å²) >= 11 is 0. The molecule has 0 unspecified atom stereocenters. The first-order chi connectivity index (χ1) is 20.4. The zero-order valence-electron chi connectivity index (χ0n) is 22.6. The van der Waals surface area contributed by atoms with Gasteiger partial charge in [0.15, 0.2) is 0 Å². The molecule has 1 aliphatic rings. The van der Waals surface area contributed by atoms with Crippen LogP contribution in [-0.2, 0) is 23.1 Å². The lowest BCUT2D eigenvalue weighted by Crippen LogP contribution is -2.31. The van der Waals surface area contributed by atoms with Crippen LogP contribution in [0.25, 0.3) is 10.9 Å². The summed E-state index contributed by atoms with van der Waals surface area (Å²) in [5, 5.41) is 15.8. The molecule has 42 heavy (non-hydrogen) atoms. The Morgan fingerprint density at radius 3 is 2.60 bits per heavy atom. The SMILES string of the molecule is O=C(NS(=O)(=O)c1ccccc1)c1cccc(C[C@H]2CNc3ccc(OCc4ccc5ccccc5n4)cc3[C@H]2O)c1. The van der Waals surface area contributed by atoms with Crippen LogP contribution in [0.5, 0.6) is 5.75 Å². The van der Waals surface area contributed by atoms with Crippen molar-refractivity contribution in [1.82, 2.24) is 9.71 Å². The molecule has 0 spiro atoms. The van der Waals surface area contributed by atoms with Crippen molar-refractivity contribution in [2.75, 3.05) is 11.9 Å². The third kappa shape index (κ3) is 5.97. The minimum Gasteiger partial charge on any atom is -0.487 e. The summed E-state index contributed by atoms with van der Waals surface area (Å²) in [6, 6.07) is 32.0. The van der Waals surface area contributed by atoms with Crippen LogP contribution >= 0.6 is 0 Å². The third-order valence-corrected chi connectivity index (χ3v) is 8.70. The van der Waals surface area contributed by atoms with Gasteiger partial charge in [-0.2, -0.15) is 0 Å². The Labute approximate surface area is 244 Å². The van der Waals surface area contributed by atoms with Crippen molar-refractivity contribution >= 4 is 32.5 Å². The van der Waals surface area contributed by atoms with E-state index in [1.807, 2.05) is 60.7 Å². The van der Waals surface area contributed by atoms with Gasteiger partial charge < -0.3 is 15.2 Å². The monoisotopic (exact) mass is 579 g/mol. The number of fused-ring (bicyclic) bond motifs is 2. The number of anilines is 1. The first-order valence-electron chi connectivity index (χ1n) is 13.6. The largest absolute Gasteiger partial charge is 0.487 e. The molecule has 6 rings (SSSR count). The Morgan fingerprint density at radius 2 is 1.74 bits per heavy atom. The van der Waals surface area contributed by atoms with Gasteiger partial charge in [-0.15, -0.1) is 0 Å². The Balaban J connectivity index is 1.12. The number of aromatic nitrogens is 1. The Hall–Kier alpha value is -4.73. The molecule has 5 aromatic rings. The molecule has 1 aliphatic heterocycles. The average molecular weight is 580 g/mol. The lowest BCUT2D eigenvalue weighted by Gasteiger charge is -2.31. The number of aliphatic hydroxyl groups excluding tert-OH is 1.